The first-order valence-electron chi connectivity index (χ1n) is 9.15. The van der Waals surface area contributed by atoms with Crippen LogP contribution in [0.25, 0.3) is 11.7 Å². The van der Waals surface area contributed by atoms with Gasteiger partial charge in [0.15, 0.2) is 5.76 Å². The molecule has 2 fully saturated rings. The number of furan rings is 1. The highest BCUT2D eigenvalue weighted by atomic mass is 16.4. The number of amides is 1. The fourth-order valence-electron chi connectivity index (χ4n) is 4.34. The van der Waals surface area contributed by atoms with Gasteiger partial charge in [-0.2, -0.15) is 0 Å². The van der Waals surface area contributed by atoms with Crippen LogP contribution in [0.3, 0.4) is 0 Å². The normalized spacial score (nSPS) is 24.3. The van der Waals surface area contributed by atoms with E-state index in [1.54, 1.807) is 13.2 Å². The number of carbonyl (C=O) groups excluding carboxylic acids is 1. The van der Waals surface area contributed by atoms with Crippen LogP contribution in [0.5, 0.6) is 0 Å². The van der Waals surface area contributed by atoms with Crippen molar-refractivity contribution in [3.8, 4) is 11.7 Å². The Hall–Kier alpha value is -2.08. The Morgan fingerprint density at radius 1 is 1.28 bits per heavy atom. The highest BCUT2D eigenvalue weighted by Gasteiger charge is 2.39. The Balaban J connectivity index is 1.51. The summed E-state index contributed by atoms with van der Waals surface area (Å²) in [5.74, 6) is 2.24. The van der Waals surface area contributed by atoms with Crippen molar-refractivity contribution in [1.29, 1.82) is 0 Å². The summed E-state index contributed by atoms with van der Waals surface area (Å²) in [6.45, 7) is 6.36. The van der Waals surface area contributed by atoms with E-state index in [-0.39, 0.29) is 5.91 Å². The Morgan fingerprint density at radius 2 is 2.08 bits per heavy atom. The van der Waals surface area contributed by atoms with Crippen LogP contribution in [0, 0.1) is 6.92 Å². The number of hydrogen-bond donors (Lipinski definition) is 0. The summed E-state index contributed by atoms with van der Waals surface area (Å²) in [5.41, 5.74) is 0.964. The van der Waals surface area contributed by atoms with Gasteiger partial charge in [-0.05, 0) is 51.3 Å². The molecule has 2 saturated heterocycles. The minimum Gasteiger partial charge on any atom is -0.459 e. The number of aryl methyl sites for hydroxylation is 1. The van der Waals surface area contributed by atoms with Gasteiger partial charge in [0, 0.05) is 32.1 Å². The number of likely N-dealkylation sites (tertiary alicyclic amines) is 2. The van der Waals surface area contributed by atoms with Crippen molar-refractivity contribution in [2.24, 2.45) is 0 Å². The van der Waals surface area contributed by atoms with E-state index < -0.39 is 0 Å². The van der Waals surface area contributed by atoms with E-state index in [0.29, 0.717) is 23.7 Å². The number of nitrogens with zero attached hydrogens (tertiary/aromatic N) is 3. The second-order valence-electron chi connectivity index (χ2n) is 7.10. The average Bonchev–Trinajstić information content (AvgIpc) is 3.35. The first-order valence-corrected chi connectivity index (χ1v) is 9.15. The second kappa shape index (κ2) is 6.67. The molecule has 6 heteroatoms. The standard InChI is InChI=1S/C19H25N3O3/c1-13-15(20-19(25-13)18-8-5-11-24-18)12-21-9-3-6-16(21)17-7-4-10-22(17)14(2)23/h5,8,11,16-17H,3-4,6-7,9-10,12H2,1-2H3/t16-,17-/m0/s1. The first-order chi connectivity index (χ1) is 12.1. The van der Waals surface area contributed by atoms with Crippen molar-refractivity contribution >= 4 is 5.91 Å². The van der Waals surface area contributed by atoms with Gasteiger partial charge in [0.25, 0.3) is 5.89 Å². The van der Waals surface area contributed by atoms with E-state index in [1.807, 2.05) is 19.1 Å². The predicted octanol–water partition coefficient (Wildman–Crippen LogP) is 3.22. The lowest BCUT2D eigenvalue weighted by atomic mass is 10.0. The lowest BCUT2D eigenvalue weighted by molar-refractivity contribution is -0.130. The Kier molecular flexibility index (Phi) is 4.37. The van der Waals surface area contributed by atoms with Crippen LogP contribution in [0.2, 0.25) is 0 Å². The van der Waals surface area contributed by atoms with Gasteiger partial charge in [-0.25, -0.2) is 4.98 Å². The average molecular weight is 343 g/mol. The molecule has 0 unspecified atom stereocenters. The van der Waals surface area contributed by atoms with Crippen molar-refractivity contribution in [2.45, 2.75) is 58.2 Å². The third kappa shape index (κ3) is 3.11. The zero-order valence-electron chi connectivity index (χ0n) is 14.9. The Bertz CT molecular complexity index is 737. The highest BCUT2D eigenvalue weighted by molar-refractivity contribution is 5.74. The summed E-state index contributed by atoms with van der Waals surface area (Å²) in [6.07, 6.45) is 6.17. The van der Waals surface area contributed by atoms with Gasteiger partial charge in [0.1, 0.15) is 5.76 Å². The Morgan fingerprint density at radius 3 is 2.84 bits per heavy atom. The summed E-state index contributed by atoms with van der Waals surface area (Å²) in [4.78, 5) is 21.1. The molecule has 2 aliphatic heterocycles. The van der Waals surface area contributed by atoms with E-state index in [1.165, 1.54) is 6.42 Å². The lowest BCUT2D eigenvalue weighted by Gasteiger charge is -2.34. The number of oxazole rings is 1. The summed E-state index contributed by atoms with van der Waals surface area (Å²) in [5, 5.41) is 0. The highest BCUT2D eigenvalue weighted by Crippen LogP contribution is 2.32. The molecule has 2 aromatic heterocycles. The smallest absolute Gasteiger partial charge is 0.263 e. The quantitative estimate of drug-likeness (QED) is 0.853. The molecule has 6 nitrogen and oxygen atoms in total. The first kappa shape index (κ1) is 16.4. The molecule has 134 valence electrons. The van der Waals surface area contributed by atoms with Crippen molar-refractivity contribution in [1.82, 2.24) is 14.8 Å². The van der Waals surface area contributed by atoms with Gasteiger partial charge < -0.3 is 13.7 Å². The van der Waals surface area contributed by atoms with Crippen LogP contribution < -0.4 is 0 Å². The molecule has 4 rings (SSSR count). The van der Waals surface area contributed by atoms with Crippen molar-refractivity contribution < 1.29 is 13.6 Å². The molecule has 0 spiro atoms. The van der Waals surface area contributed by atoms with Crippen LogP contribution in [-0.4, -0.2) is 45.9 Å². The third-order valence-corrected chi connectivity index (χ3v) is 5.54. The molecule has 0 saturated carbocycles. The van der Waals surface area contributed by atoms with E-state index in [9.17, 15) is 4.79 Å². The number of carbonyl (C=O) groups is 1. The lowest BCUT2D eigenvalue weighted by Crippen LogP contribution is -2.47. The fourth-order valence-corrected chi connectivity index (χ4v) is 4.34. The maximum Gasteiger partial charge on any atom is 0.263 e. The van der Waals surface area contributed by atoms with E-state index >= 15 is 0 Å². The molecular formula is C19H25N3O3. The summed E-state index contributed by atoms with van der Waals surface area (Å²) < 4.78 is 11.2. The maximum atomic E-state index is 11.9. The number of aromatic nitrogens is 1. The number of rotatable bonds is 4. The minimum absolute atomic E-state index is 0.201. The van der Waals surface area contributed by atoms with Crippen LogP contribution in [0.4, 0.5) is 0 Å². The summed E-state index contributed by atoms with van der Waals surface area (Å²) in [6, 6.07) is 4.46. The topological polar surface area (TPSA) is 62.7 Å². The van der Waals surface area contributed by atoms with Crippen LogP contribution >= 0.6 is 0 Å². The molecule has 1 amide bonds. The molecule has 4 heterocycles. The van der Waals surface area contributed by atoms with Crippen LogP contribution in [0.1, 0.15) is 44.1 Å². The molecule has 0 N–H and O–H groups in total. The SMILES string of the molecule is CC(=O)N1CCC[C@H]1[C@@H]1CCCN1Cc1nc(-c2ccco2)oc1C. The Labute approximate surface area is 147 Å². The molecule has 2 aromatic rings. The largest absolute Gasteiger partial charge is 0.459 e. The third-order valence-electron chi connectivity index (χ3n) is 5.54. The van der Waals surface area contributed by atoms with Crippen LogP contribution in [0.15, 0.2) is 27.2 Å². The van der Waals surface area contributed by atoms with Gasteiger partial charge in [-0.15, -0.1) is 0 Å². The minimum atomic E-state index is 0.201. The molecule has 0 aromatic carbocycles. The zero-order chi connectivity index (χ0) is 17.4. The van der Waals surface area contributed by atoms with Crippen molar-refractivity contribution in [3.63, 3.8) is 0 Å². The zero-order valence-corrected chi connectivity index (χ0v) is 14.9. The van der Waals surface area contributed by atoms with Gasteiger partial charge in [-0.3, -0.25) is 9.69 Å². The van der Waals surface area contributed by atoms with Gasteiger partial charge >= 0.3 is 0 Å². The molecule has 0 bridgehead atoms. The van der Waals surface area contributed by atoms with Gasteiger partial charge in [-0.1, -0.05) is 0 Å². The summed E-state index contributed by atoms with van der Waals surface area (Å²) >= 11 is 0. The predicted molar refractivity (Wildman–Crippen MR) is 92.8 cm³/mol. The fraction of sp³-hybridized carbons (Fsp3) is 0.579. The summed E-state index contributed by atoms with van der Waals surface area (Å²) in [7, 11) is 0. The molecule has 0 aliphatic carbocycles. The molecule has 25 heavy (non-hydrogen) atoms. The van der Waals surface area contributed by atoms with Gasteiger partial charge in [0.2, 0.25) is 5.91 Å². The molecule has 2 aliphatic rings. The van der Waals surface area contributed by atoms with E-state index in [2.05, 4.69) is 14.8 Å². The number of hydrogen-bond acceptors (Lipinski definition) is 5. The molecule has 2 atom stereocenters. The van der Waals surface area contributed by atoms with E-state index in [0.717, 1.165) is 50.4 Å². The van der Waals surface area contributed by atoms with Crippen LogP contribution in [-0.2, 0) is 11.3 Å². The van der Waals surface area contributed by atoms with Gasteiger partial charge in [0.05, 0.1) is 12.0 Å². The monoisotopic (exact) mass is 343 g/mol. The second-order valence-corrected chi connectivity index (χ2v) is 7.10. The van der Waals surface area contributed by atoms with Crippen molar-refractivity contribution in [2.75, 3.05) is 13.1 Å². The molecule has 0 radical (unpaired) electrons. The van der Waals surface area contributed by atoms with Crippen molar-refractivity contribution in [3.05, 3.63) is 29.9 Å². The maximum absolute atomic E-state index is 11.9. The molecular weight excluding hydrogens is 318 g/mol. The van der Waals surface area contributed by atoms with E-state index in [4.69, 9.17) is 8.83 Å².